The summed E-state index contributed by atoms with van der Waals surface area (Å²) in [5.74, 6) is -1.24. The first-order valence-electron chi connectivity index (χ1n) is 12.5. The zero-order chi connectivity index (χ0) is 29.1. The van der Waals surface area contributed by atoms with Crippen molar-refractivity contribution in [1.82, 2.24) is 37.4 Å². The summed E-state index contributed by atoms with van der Waals surface area (Å²) in [6.07, 6.45) is 5.48. The maximum Gasteiger partial charge on any atom is 0.243 e. The van der Waals surface area contributed by atoms with Gasteiger partial charge in [0.15, 0.2) is 0 Å². The van der Waals surface area contributed by atoms with Gasteiger partial charge in [-0.3, -0.25) is 24.0 Å². The summed E-state index contributed by atoms with van der Waals surface area (Å²) < 4.78 is 0. The van der Waals surface area contributed by atoms with Gasteiger partial charge in [-0.15, -0.1) is 0 Å². The average molecular weight is 808 g/mol. The number of hydrogen-bond acceptors (Lipinski definition) is 9. The van der Waals surface area contributed by atoms with Crippen LogP contribution in [-0.4, -0.2) is 89.4 Å². The smallest absolute Gasteiger partial charge is 0.243 e. The number of hydrogen-bond donors (Lipinski definition) is 7. The quantitative estimate of drug-likeness (QED) is 0.0191. The molecule has 0 fully saturated rings. The predicted molar refractivity (Wildman–Crippen MR) is 143 cm³/mol. The number of aldehydes is 1. The van der Waals surface area contributed by atoms with Gasteiger partial charge in [-0.25, -0.2) is 5.48 Å². The van der Waals surface area contributed by atoms with E-state index in [1.54, 1.807) is 20.5 Å². The van der Waals surface area contributed by atoms with Crippen molar-refractivity contribution in [3.63, 3.8) is 0 Å². The molecule has 230 valence electrons. The van der Waals surface area contributed by atoms with Crippen LogP contribution in [-0.2, 0) is 40.0 Å². The molecule has 0 heterocycles. The van der Waals surface area contributed by atoms with Crippen LogP contribution in [0.3, 0.4) is 0 Å². The second-order valence-corrected chi connectivity index (χ2v) is 7.96. The van der Waals surface area contributed by atoms with Gasteiger partial charge in [-0.1, -0.05) is 36.8 Å². The number of benzene rings is 1. The van der Waals surface area contributed by atoms with E-state index in [2.05, 4.69) is 37.4 Å². The van der Waals surface area contributed by atoms with Crippen LogP contribution in [0.2, 0.25) is 0 Å². The van der Waals surface area contributed by atoms with Gasteiger partial charge in [0.25, 0.3) is 0 Å². The molecule has 0 aliphatic carbocycles. The van der Waals surface area contributed by atoms with E-state index >= 15 is 0 Å². The largest absolute Gasteiger partial charge is 0.530 e. The van der Waals surface area contributed by atoms with E-state index in [0.29, 0.717) is 25.7 Å². The first-order valence-corrected chi connectivity index (χ1v) is 12.5. The van der Waals surface area contributed by atoms with Crippen LogP contribution in [0.15, 0.2) is 30.3 Å². The molecule has 1 aromatic carbocycles. The molecule has 1 aromatic rings. The molecule has 40 heavy (non-hydrogen) atoms. The summed E-state index contributed by atoms with van der Waals surface area (Å²) in [5, 5.41) is 15.2. The van der Waals surface area contributed by atoms with Crippen LogP contribution < -0.4 is 37.4 Å². The Kier molecular flexibility index (Phi) is 24.0. The first-order chi connectivity index (χ1) is 18.9. The van der Waals surface area contributed by atoms with E-state index in [9.17, 15) is 28.8 Å². The molecule has 15 heteroatoms. The molecule has 1 atom stereocenters. The fraction of sp³-hybridized carbons (Fsp3) is 0.520. The molecule has 7 N–H and O–H groups in total. The van der Waals surface area contributed by atoms with E-state index in [4.69, 9.17) is 4.84 Å². The second-order valence-electron chi connectivity index (χ2n) is 7.96. The number of rotatable bonds is 20. The van der Waals surface area contributed by atoms with Gasteiger partial charge in [-0.05, 0) is 32.0 Å². The molecule has 14 nitrogen and oxygen atoms in total. The van der Waals surface area contributed by atoms with Crippen LogP contribution in [0.25, 0.3) is 0 Å². The Balaban J connectivity index is 0. The summed E-state index contributed by atoms with van der Waals surface area (Å²) in [7, 11) is 3.21. The van der Waals surface area contributed by atoms with Crippen molar-refractivity contribution >= 4 is 36.3 Å². The van der Waals surface area contributed by atoms with Gasteiger partial charge < -0.3 is 41.5 Å². The molecule has 0 aliphatic rings. The molecule has 5 amide bonds. The van der Waals surface area contributed by atoms with Crippen LogP contribution in [0.4, 0.5) is 0 Å². The zero-order valence-corrected chi connectivity index (χ0v) is 25.2. The predicted octanol–water partition coefficient (Wildman–Crippen LogP) is -2.21. The average Bonchev–Trinajstić information content (AvgIpc) is 2.93. The third-order valence-corrected chi connectivity index (χ3v) is 4.84. The number of likely N-dealkylation sites (N-methyl/N-ethyl adjacent to an activating group) is 1. The minimum atomic E-state index is -0.774. The Bertz CT molecular complexity index is 863. The fourth-order valence-corrected chi connectivity index (χ4v) is 2.98. The van der Waals surface area contributed by atoms with Crippen molar-refractivity contribution in [2.75, 3.05) is 47.0 Å². The third-order valence-electron chi connectivity index (χ3n) is 4.84. The van der Waals surface area contributed by atoms with Crippen LogP contribution in [0.5, 0.6) is 0 Å². The summed E-state index contributed by atoms with van der Waals surface area (Å²) in [6, 6.07) is 8.54. The number of carbonyl (C=O) groups is 5. The van der Waals surface area contributed by atoms with Gasteiger partial charge in [-0.2, -0.15) is 6.41 Å². The molecule has 0 spiro atoms. The molecule has 1 rings (SSSR count). The van der Waals surface area contributed by atoms with Gasteiger partial charge >= 0.3 is 0 Å². The Morgan fingerprint density at radius 1 is 0.925 bits per heavy atom. The summed E-state index contributed by atoms with van der Waals surface area (Å²) in [5.41, 5.74) is 3.31. The number of hydroxylamine groups is 1. The normalized spacial score (nSPS) is 10.3. The van der Waals surface area contributed by atoms with Gasteiger partial charge in [0, 0.05) is 19.9 Å². The van der Waals surface area contributed by atoms with Crippen LogP contribution >= 0.6 is 0 Å². The molecule has 0 saturated carbocycles. The summed E-state index contributed by atoms with van der Waals surface area (Å²) in [6.45, 7) is 0.553. The Morgan fingerprint density at radius 2 is 1.65 bits per heavy atom. The Morgan fingerprint density at radius 3 is 2.27 bits per heavy atom. The van der Waals surface area contributed by atoms with Crippen molar-refractivity contribution in [1.29, 1.82) is 0 Å². The number of carbonyl (C=O) groups excluding carboxylic acids is 6. The maximum absolute atomic E-state index is 12.4. The number of nitrogens with one attached hydrogen (secondary N) is 7. The number of unbranched alkanes of at least 4 members (excludes halogenated alkanes) is 2. The third kappa shape index (κ3) is 21.2. The zero-order valence-electron chi connectivity index (χ0n) is 22.8. The molecule has 0 radical (unpaired) electrons. The van der Waals surface area contributed by atoms with Crippen LogP contribution in [0.1, 0.15) is 31.2 Å². The summed E-state index contributed by atoms with van der Waals surface area (Å²) >= 11 is 0. The van der Waals surface area contributed by atoms with Crippen molar-refractivity contribution in [3.8, 4) is 0 Å². The van der Waals surface area contributed by atoms with Crippen molar-refractivity contribution in [3.05, 3.63) is 35.9 Å². The molecule has 0 aromatic heterocycles. The standard InChI is InChI=1S/C16H25N5O4.C9H15N2O3.Fm/c1-17-9-15(23)21-13(8-12-6-4-3-5-7-12)16(24)19-10-14(22)20-11-25-18-2;12-7-6-11-9(14)4-2-1-3-5-10-8-13;/h3-7,13,17-18H,8-11H2,1-2H3,(H,19,24)(H,20,22)(H,21,23);7H,1-6H2,(H,10,13)(H,11,14);/q;-1;/t13-;;/m0../s1. The molecule has 0 bridgehead atoms. The van der Waals surface area contributed by atoms with E-state index in [-0.39, 0.29) is 38.2 Å². The van der Waals surface area contributed by atoms with Gasteiger partial charge in [0.1, 0.15) is 19.1 Å². The van der Waals surface area contributed by atoms with Crippen molar-refractivity contribution in [2.45, 2.75) is 38.1 Å². The SMILES string of the molecule is CNCC(=O)N[C@@H](Cc1ccccc1)C(=O)NCC(=O)NCONC.O=[C-]NCCCCCC(=O)NCC=O.[Fm]. The van der Waals surface area contributed by atoms with E-state index in [0.717, 1.165) is 24.8 Å². The molecular weight excluding hydrogens is 767 g/mol. The topological polar surface area (TPSA) is 196 Å². The van der Waals surface area contributed by atoms with E-state index < -0.39 is 17.9 Å². The minimum absolute atomic E-state index is 0. The Hall–Kier alpha value is -4.88. The molecule has 0 unspecified atom stereocenters. The van der Waals surface area contributed by atoms with Crippen molar-refractivity contribution in [2.24, 2.45) is 0 Å². The summed E-state index contributed by atoms with van der Waals surface area (Å²) in [4.78, 5) is 71.1. The second kappa shape index (κ2) is 25.8. The number of amides is 5. The van der Waals surface area contributed by atoms with E-state index in [1.165, 1.54) is 0 Å². The fourth-order valence-electron chi connectivity index (χ4n) is 2.98. The minimum Gasteiger partial charge on any atom is -0.530 e. The van der Waals surface area contributed by atoms with Gasteiger partial charge in [0.05, 0.1) is 19.6 Å². The van der Waals surface area contributed by atoms with Crippen molar-refractivity contribution < 1.29 is 33.6 Å². The maximum atomic E-state index is 12.4. The van der Waals surface area contributed by atoms with Crippen LogP contribution in [0, 0.1) is 0 Å². The Labute approximate surface area is 228 Å². The molecular formula is C25H40FmN7O7-. The molecule has 0 saturated heterocycles. The monoisotopic (exact) mass is 807 g/mol. The van der Waals surface area contributed by atoms with E-state index in [1.807, 2.05) is 30.3 Å². The van der Waals surface area contributed by atoms with Gasteiger partial charge in [0.2, 0.25) is 23.6 Å². The molecule has 0 aliphatic heterocycles. The first kappa shape index (κ1) is 37.3.